The van der Waals surface area contributed by atoms with Gasteiger partial charge in [0.25, 0.3) is 0 Å². The summed E-state index contributed by atoms with van der Waals surface area (Å²) in [5.41, 5.74) is 0.919. The van der Waals surface area contributed by atoms with Gasteiger partial charge in [0.05, 0.1) is 0 Å². The summed E-state index contributed by atoms with van der Waals surface area (Å²) in [4.78, 5) is 14.1. The lowest BCUT2D eigenvalue weighted by Gasteiger charge is -2.17. The van der Waals surface area contributed by atoms with E-state index >= 15 is 0 Å². The molecule has 1 N–H and O–H groups in total. The summed E-state index contributed by atoms with van der Waals surface area (Å²) in [6, 6.07) is 5.62. The molecule has 5 nitrogen and oxygen atoms in total. The first-order chi connectivity index (χ1) is 10.7. The van der Waals surface area contributed by atoms with Crippen LogP contribution in [0.4, 0.5) is 0 Å². The Morgan fingerprint density at radius 3 is 2.74 bits per heavy atom. The maximum absolute atomic E-state index is 11.8. The van der Waals surface area contributed by atoms with Crippen molar-refractivity contribution in [3.8, 4) is 11.5 Å². The Morgan fingerprint density at radius 2 is 2.00 bits per heavy atom. The maximum atomic E-state index is 11.8. The van der Waals surface area contributed by atoms with Crippen molar-refractivity contribution < 1.29 is 14.3 Å². The van der Waals surface area contributed by atoms with Crippen molar-refractivity contribution >= 4 is 24.4 Å². The zero-order chi connectivity index (χ0) is 15.8. The third-order valence-electron chi connectivity index (χ3n) is 3.67. The number of rotatable bonds is 8. The zero-order valence-corrected chi connectivity index (χ0v) is 14.5. The molecule has 0 spiro atoms. The number of benzene rings is 1. The van der Waals surface area contributed by atoms with Crippen molar-refractivity contribution in [1.29, 1.82) is 0 Å². The first kappa shape index (κ1) is 19.3. The fourth-order valence-electron chi connectivity index (χ4n) is 2.30. The highest BCUT2D eigenvalue weighted by Gasteiger charge is 2.12. The molecule has 0 atom stereocenters. The number of ether oxygens (including phenoxy) is 2. The fourth-order valence-corrected chi connectivity index (χ4v) is 2.30. The van der Waals surface area contributed by atoms with Crippen molar-refractivity contribution in [3.63, 3.8) is 0 Å². The van der Waals surface area contributed by atoms with Gasteiger partial charge in [0.15, 0.2) is 11.5 Å². The van der Waals surface area contributed by atoms with Crippen LogP contribution in [0.25, 0.3) is 6.08 Å². The van der Waals surface area contributed by atoms with Gasteiger partial charge in [0.2, 0.25) is 12.7 Å². The van der Waals surface area contributed by atoms with Gasteiger partial charge in [-0.3, -0.25) is 4.79 Å². The number of hydrogen-bond donors (Lipinski definition) is 1. The van der Waals surface area contributed by atoms with E-state index in [1.165, 1.54) is 0 Å². The highest BCUT2D eigenvalue weighted by Crippen LogP contribution is 2.32. The van der Waals surface area contributed by atoms with Crippen LogP contribution >= 0.6 is 12.4 Å². The minimum atomic E-state index is -0.0720. The van der Waals surface area contributed by atoms with E-state index in [1.54, 1.807) is 12.2 Å². The predicted octanol–water partition coefficient (Wildman–Crippen LogP) is 2.70. The molecule has 0 bridgehead atoms. The van der Waals surface area contributed by atoms with Crippen molar-refractivity contribution in [1.82, 2.24) is 10.2 Å². The second kappa shape index (κ2) is 10.1. The Balaban J connectivity index is 0.00000264. The third-order valence-corrected chi connectivity index (χ3v) is 3.67. The summed E-state index contributed by atoms with van der Waals surface area (Å²) < 4.78 is 10.6. The van der Waals surface area contributed by atoms with Crippen molar-refractivity contribution in [2.24, 2.45) is 0 Å². The largest absolute Gasteiger partial charge is 0.454 e. The Bertz CT molecular complexity index is 531. The van der Waals surface area contributed by atoms with E-state index in [1.807, 2.05) is 18.2 Å². The first-order valence-electron chi connectivity index (χ1n) is 7.80. The smallest absolute Gasteiger partial charge is 0.243 e. The number of amides is 1. The normalized spacial score (nSPS) is 12.5. The molecule has 1 aliphatic heterocycles. The highest BCUT2D eigenvalue weighted by atomic mass is 35.5. The molecule has 0 aliphatic carbocycles. The molecular formula is C17H25ClN2O3. The monoisotopic (exact) mass is 340 g/mol. The van der Waals surface area contributed by atoms with Crippen LogP contribution in [0, 0.1) is 0 Å². The van der Waals surface area contributed by atoms with Crippen LogP contribution in [0.2, 0.25) is 0 Å². The molecule has 0 radical (unpaired) electrons. The van der Waals surface area contributed by atoms with E-state index < -0.39 is 0 Å². The molecule has 2 rings (SSSR count). The number of nitrogens with zero attached hydrogens (tertiary/aromatic N) is 1. The molecule has 1 aromatic carbocycles. The van der Waals surface area contributed by atoms with E-state index in [2.05, 4.69) is 24.1 Å². The van der Waals surface area contributed by atoms with Gasteiger partial charge in [-0.25, -0.2) is 0 Å². The second-order valence-electron chi connectivity index (χ2n) is 5.12. The lowest BCUT2D eigenvalue weighted by molar-refractivity contribution is -0.116. The van der Waals surface area contributed by atoms with Gasteiger partial charge < -0.3 is 19.7 Å². The second-order valence-corrected chi connectivity index (χ2v) is 5.12. The Kier molecular flexibility index (Phi) is 8.51. The number of carbonyl (C=O) groups excluding carboxylic acids is 1. The number of fused-ring (bicyclic) bond motifs is 1. The summed E-state index contributed by atoms with van der Waals surface area (Å²) in [7, 11) is 0. The average molecular weight is 341 g/mol. The molecule has 0 aromatic heterocycles. The van der Waals surface area contributed by atoms with Crippen molar-refractivity contribution in [3.05, 3.63) is 29.8 Å². The molecule has 0 unspecified atom stereocenters. The van der Waals surface area contributed by atoms with Crippen LogP contribution in [-0.4, -0.2) is 43.8 Å². The van der Waals surface area contributed by atoms with Gasteiger partial charge in [-0.2, -0.15) is 0 Å². The number of hydrogen-bond acceptors (Lipinski definition) is 4. The quantitative estimate of drug-likeness (QED) is 0.584. The summed E-state index contributed by atoms with van der Waals surface area (Å²) in [5.74, 6) is 1.40. The maximum Gasteiger partial charge on any atom is 0.243 e. The Morgan fingerprint density at radius 1 is 1.26 bits per heavy atom. The lowest BCUT2D eigenvalue weighted by atomic mass is 10.2. The molecule has 0 saturated heterocycles. The van der Waals surface area contributed by atoms with Crippen LogP contribution in [0.3, 0.4) is 0 Å². The minimum Gasteiger partial charge on any atom is -0.454 e. The molecular weight excluding hydrogens is 316 g/mol. The molecule has 1 aromatic rings. The topological polar surface area (TPSA) is 50.8 Å². The number of carbonyl (C=O) groups is 1. The van der Waals surface area contributed by atoms with E-state index in [0.29, 0.717) is 6.54 Å². The van der Waals surface area contributed by atoms with Gasteiger partial charge in [-0.15, -0.1) is 12.4 Å². The molecule has 6 heteroatoms. The van der Waals surface area contributed by atoms with Gasteiger partial charge in [0, 0.05) is 12.6 Å². The highest BCUT2D eigenvalue weighted by molar-refractivity contribution is 5.91. The van der Waals surface area contributed by atoms with Crippen LogP contribution in [0.1, 0.15) is 25.8 Å². The molecule has 1 aliphatic rings. The number of nitrogens with one attached hydrogen (secondary N) is 1. The van der Waals surface area contributed by atoms with Gasteiger partial charge in [0.1, 0.15) is 0 Å². The van der Waals surface area contributed by atoms with Crippen LogP contribution in [0.5, 0.6) is 11.5 Å². The summed E-state index contributed by atoms with van der Waals surface area (Å²) >= 11 is 0. The Hall–Kier alpha value is -1.72. The van der Waals surface area contributed by atoms with Gasteiger partial charge >= 0.3 is 0 Å². The fraction of sp³-hybridized carbons (Fsp3) is 0.471. The summed E-state index contributed by atoms with van der Waals surface area (Å²) in [6.45, 7) is 8.37. The molecule has 1 amide bonds. The molecule has 23 heavy (non-hydrogen) atoms. The molecule has 0 fully saturated rings. The van der Waals surface area contributed by atoms with Crippen molar-refractivity contribution in [2.45, 2.75) is 20.3 Å². The van der Waals surface area contributed by atoms with Crippen LogP contribution in [0.15, 0.2) is 24.3 Å². The van der Waals surface area contributed by atoms with Crippen LogP contribution < -0.4 is 14.8 Å². The van der Waals surface area contributed by atoms with Crippen molar-refractivity contribution in [2.75, 3.05) is 33.0 Å². The third kappa shape index (κ3) is 6.12. The van der Waals surface area contributed by atoms with Gasteiger partial charge in [-0.05, 0) is 49.8 Å². The SMILES string of the molecule is CCN(CC)CCCNC(=O)/C=C/c1ccc2c(c1)OCO2.Cl. The number of halogens is 1. The summed E-state index contributed by atoms with van der Waals surface area (Å²) in [6.07, 6.45) is 4.29. The minimum absolute atomic E-state index is 0. The predicted molar refractivity (Wildman–Crippen MR) is 94.3 cm³/mol. The average Bonchev–Trinajstić information content (AvgIpc) is 3.00. The molecule has 128 valence electrons. The van der Waals surface area contributed by atoms with Crippen LogP contribution in [-0.2, 0) is 4.79 Å². The van der Waals surface area contributed by atoms with E-state index in [-0.39, 0.29) is 25.1 Å². The zero-order valence-electron chi connectivity index (χ0n) is 13.7. The summed E-state index contributed by atoms with van der Waals surface area (Å²) in [5, 5.41) is 2.90. The standard InChI is InChI=1S/C17H24N2O3.ClH/c1-3-19(4-2)11-5-10-18-17(20)9-7-14-6-8-15-16(12-14)22-13-21-15;/h6-9,12H,3-5,10-11,13H2,1-2H3,(H,18,20);1H/b9-7+;. The van der Waals surface area contributed by atoms with E-state index in [4.69, 9.17) is 9.47 Å². The van der Waals surface area contributed by atoms with E-state index in [9.17, 15) is 4.79 Å². The van der Waals surface area contributed by atoms with Gasteiger partial charge in [-0.1, -0.05) is 19.9 Å². The lowest BCUT2D eigenvalue weighted by Crippen LogP contribution is -2.29. The Labute approximate surface area is 144 Å². The van der Waals surface area contributed by atoms with E-state index in [0.717, 1.165) is 43.1 Å². The molecule has 0 saturated carbocycles. The first-order valence-corrected chi connectivity index (χ1v) is 7.80. The molecule has 1 heterocycles.